The van der Waals surface area contributed by atoms with E-state index in [4.69, 9.17) is 9.47 Å². The van der Waals surface area contributed by atoms with Gasteiger partial charge in [0.1, 0.15) is 17.7 Å². The molecular formula is C22H30BrN3O5. The Morgan fingerprint density at radius 1 is 1.16 bits per heavy atom. The number of aromatic amines is 1. The SMILES string of the molecule is COC(=O)C(Cc1c[nH]c2cccc(Br)c12)NC(=O)[C@H](NC(=O)OC(C)(C)C)C(C)C. The van der Waals surface area contributed by atoms with Gasteiger partial charge in [-0.25, -0.2) is 9.59 Å². The number of alkyl carbamates (subject to hydrolysis) is 1. The zero-order valence-electron chi connectivity index (χ0n) is 18.7. The zero-order valence-corrected chi connectivity index (χ0v) is 20.3. The smallest absolute Gasteiger partial charge is 0.408 e. The van der Waals surface area contributed by atoms with Crippen LogP contribution < -0.4 is 10.6 Å². The van der Waals surface area contributed by atoms with Crippen LogP contribution in [0.2, 0.25) is 0 Å². The van der Waals surface area contributed by atoms with E-state index in [2.05, 4.69) is 31.5 Å². The van der Waals surface area contributed by atoms with Crippen molar-refractivity contribution in [1.82, 2.24) is 15.6 Å². The van der Waals surface area contributed by atoms with Gasteiger partial charge < -0.3 is 25.1 Å². The number of nitrogens with one attached hydrogen (secondary N) is 3. The molecule has 0 radical (unpaired) electrons. The van der Waals surface area contributed by atoms with Crippen molar-refractivity contribution in [3.8, 4) is 0 Å². The molecule has 0 spiro atoms. The molecule has 2 amide bonds. The summed E-state index contributed by atoms with van der Waals surface area (Å²) in [6.45, 7) is 8.81. The van der Waals surface area contributed by atoms with Gasteiger partial charge in [-0.1, -0.05) is 35.8 Å². The molecule has 1 aromatic carbocycles. The summed E-state index contributed by atoms with van der Waals surface area (Å²) >= 11 is 3.53. The predicted molar refractivity (Wildman–Crippen MR) is 122 cm³/mol. The molecule has 170 valence electrons. The number of benzene rings is 1. The van der Waals surface area contributed by atoms with E-state index in [9.17, 15) is 14.4 Å². The minimum absolute atomic E-state index is 0.221. The summed E-state index contributed by atoms with van der Waals surface area (Å²) in [5.41, 5.74) is 1.06. The number of H-pyrrole nitrogens is 1. The second-order valence-electron chi connectivity index (χ2n) is 8.63. The monoisotopic (exact) mass is 495 g/mol. The number of methoxy groups -OCH3 is 1. The molecule has 0 aliphatic carbocycles. The van der Waals surface area contributed by atoms with Crippen LogP contribution >= 0.6 is 15.9 Å². The number of amides is 2. The molecule has 9 heteroatoms. The molecule has 0 fully saturated rings. The van der Waals surface area contributed by atoms with Crippen LogP contribution in [0.15, 0.2) is 28.9 Å². The summed E-state index contributed by atoms with van der Waals surface area (Å²) < 4.78 is 11.0. The standard InChI is InChI=1S/C22H30BrN3O5/c1-12(2)18(26-21(29)31-22(3,4)5)19(27)25-16(20(28)30-6)10-13-11-24-15-9-7-8-14(23)17(13)15/h7-9,11-12,16,18,24H,10H2,1-6H3,(H,25,27)(H,26,29)/t16?,18-/m1/s1. The van der Waals surface area contributed by atoms with Gasteiger partial charge >= 0.3 is 12.1 Å². The highest BCUT2D eigenvalue weighted by Gasteiger charge is 2.31. The number of esters is 1. The first-order chi connectivity index (χ1) is 14.4. The van der Waals surface area contributed by atoms with E-state index in [0.717, 1.165) is 20.9 Å². The zero-order chi connectivity index (χ0) is 23.3. The number of carbonyl (C=O) groups excluding carboxylic acids is 3. The Balaban J connectivity index is 2.21. The van der Waals surface area contributed by atoms with Crippen LogP contribution in [0.1, 0.15) is 40.2 Å². The molecule has 8 nitrogen and oxygen atoms in total. The molecule has 1 aromatic heterocycles. The Labute approximate surface area is 190 Å². The van der Waals surface area contributed by atoms with Gasteiger partial charge in [0.05, 0.1) is 7.11 Å². The number of fused-ring (bicyclic) bond motifs is 1. The number of rotatable bonds is 7. The summed E-state index contributed by atoms with van der Waals surface area (Å²) in [5, 5.41) is 6.25. The highest BCUT2D eigenvalue weighted by atomic mass is 79.9. The molecule has 0 bridgehead atoms. The van der Waals surface area contributed by atoms with Crippen molar-refractivity contribution < 1.29 is 23.9 Å². The largest absolute Gasteiger partial charge is 0.467 e. The second kappa shape index (κ2) is 10.2. The highest BCUT2D eigenvalue weighted by Crippen LogP contribution is 2.28. The lowest BCUT2D eigenvalue weighted by Gasteiger charge is -2.26. The van der Waals surface area contributed by atoms with Crippen LogP contribution in [0.4, 0.5) is 4.79 Å². The molecule has 1 unspecified atom stereocenters. The van der Waals surface area contributed by atoms with E-state index >= 15 is 0 Å². The number of carbonyl (C=O) groups is 3. The molecule has 2 rings (SSSR count). The minimum atomic E-state index is -0.926. The summed E-state index contributed by atoms with van der Waals surface area (Å²) in [5.74, 6) is -1.29. The van der Waals surface area contributed by atoms with Crippen molar-refractivity contribution >= 4 is 44.8 Å². The lowest BCUT2D eigenvalue weighted by Crippen LogP contribution is -2.55. The van der Waals surface area contributed by atoms with Gasteiger partial charge in [-0.3, -0.25) is 4.79 Å². The van der Waals surface area contributed by atoms with Gasteiger partial charge in [0.15, 0.2) is 0 Å². The summed E-state index contributed by atoms with van der Waals surface area (Å²) in [7, 11) is 1.27. The Bertz CT molecular complexity index is 948. The van der Waals surface area contributed by atoms with E-state index in [1.54, 1.807) is 40.8 Å². The van der Waals surface area contributed by atoms with Gasteiger partial charge in [0.25, 0.3) is 0 Å². The van der Waals surface area contributed by atoms with Crippen LogP contribution in [0.5, 0.6) is 0 Å². The average molecular weight is 496 g/mol. The van der Waals surface area contributed by atoms with E-state index in [0.29, 0.717) is 0 Å². The number of hydrogen-bond acceptors (Lipinski definition) is 5. The summed E-state index contributed by atoms with van der Waals surface area (Å²) in [6.07, 6.45) is 1.32. The molecule has 3 N–H and O–H groups in total. The maximum atomic E-state index is 13.0. The van der Waals surface area contributed by atoms with Gasteiger partial charge in [-0.05, 0) is 44.4 Å². The van der Waals surface area contributed by atoms with Crippen molar-refractivity contribution in [3.63, 3.8) is 0 Å². The van der Waals surface area contributed by atoms with E-state index in [1.165, 1.54) is 7.11 Å². The lowest BCUT2D eigenvalue weighted by atomic mass is 10.0. The van der Waals surface area contributed by atoms with Crippen LogP contribution in [-0.4, -0.2) is 47.7 Å². The van der Waals surface area contributed by atoms with Crippen LogP contribution in [-0.2, 0) is 25.5 Å². The van der Waals surface area contributed by atoms with Crippen LogP contribution in [0.25, 0.3) is 10.9 Å². The Kier molecular flexibility index (Phi) is 8.11. The van der Waals surface area contributed by atoms with Gasteiger partial charge in [0, 0.05) is 28.0 Å². The second-order valence-corrected chi connectivity index (χ2v) is 9.49. The first-order valence-corrected chi connectivity index (χ1v) is 10.8. The normalized spacial score (nSPS) is 13.5. The van der Waals surface area contributed by atoms with E-state index in [1.807, 2.05) is 18.2 Å². The topological polar surface area (TPSA) is 110 Å². The quantitative estimate of drug-likeness (QED) is 0.507. The maximum Gasteiger partial charge on any atom is 0.408 e. The maximum absolute atomic E-state index is 13.0. The van der Waals surface area contributed by atoms with Crippen molar-refractivity contribution in [3.05, 3.63) is 34.4 Å². The molecule has 1 heterocycles. The third kappa shape index (κ3) is 6.72. The molecule has 2 atom stereocenters. The van der Waals surface area contributed by atoms with E-state index in [-0.39, 0.29) is 12.3 Å². The Morgan fingerprint density at radius 3 is 2.42 bits per heavy atom. The molecule has 0 saturated heterocycles. The molecule has 2 aromatic rings. The number of aromatic nitrogens is 1. The predicted octanol–water partition coefficient (Wildman–Crippen LogP) is 3.68. The molecule has 0 aliphatic heterocycles. The number of ether oxygens (including phenoxy) is 2. The van der Waals surface area contributed by atoms with Crippen LogP contribution in [0.3, 0.4) is 0 Å². The fourth-order valence-corrected chi connectivity index (χ4v) is 3.78. The Morgan fingerprint density at radius 2 is 1.84 bits per heavy atom. The first-order valence-electron chi connectivity index (χ1n) is 10.0. The van der Waals surface area contributed by atoms with Crippen molar-refractivity contribution in [2.75, 3.05) is 7.11 Å². The lowest BCUT2D eigenvalue weighted by molar-refractivity contribution is -0.145. The third-order valence-electron chi connectivity index (χ3n) is 4.58. The minimum Gasteiger partial charge on any atom is -0.467 e. The summed E-state index contributed by atoms with van der Waals surface area (Å²) in [4.78, 5) is 40.7. The third-order valence-corrected chi connectivity index (χ3v) is 5.25. The Hall–Kier alpha value is -2.55. The first kappa shape index (κ1) is 24.7. The van der Waals surface area contributed by atoms with Crippen LogP contribution in [0, 0.1) is 5.92 Å². The number of halogens is 1. The average Bonchev–Trinajstić information content (AvgIpc) is 3.07. The highest BCUT2D eigenvalue weighted by molar-refractivity contribution is 9.10. The van der Waals surface area contributed by atoms with Gasteiger partial charge in [0.2, 0.25) is 5.91 Å². The van der Waals surface area contributed by atoms with E-state index < -0.39 is 35.7 Å². The van der Waals surface area contributed by atoms with Gasteiger partial charge in [-0.2, -0.15) is 0 Å². The fourth-order valence-electron chi connectivity index (χ4n) is 3.16. The number of hydrogen-bond donors (Lipinski definition) is 3. The molecule has 0 saturated carbocycles. The fraction of sp³-hybridized carbons (Fsp3) is 0.500. The van der Waals surface area contributed by atoms with Crippen molar-refractivity contribution in [2.45, 2.75) is 58.7 Å². The summed E-state index contributed by atoms with van der Waals surface area (Å²) in [6, 6.07) is 3.93. The van der Waals surface area contributed by atoms with Gasteiger partial charge in [-0.15, -0.1) is 0 Å². The van der Waals surface area contributed by atoms with Crippen molar-refractivity contribution in [1.29, 1.82) is 0 Å². The van der Waals surface area contributed by atoms with Crippen molar-refractivity contribution in [2.24, 2.45) is 5.92 Å². The molecular weight excluding hydrogens is 466 g/mol. The molecule has 0 aliphatic rings. The molecule has 31 heavy (non-hydrogen) atoms.